The van der Waals surface area contributed by atoms with Gasteiger partial charge >= 0.3 is 0 Å². The van der Waals surface area contributed by atoms with Crippen LogP contribution in [0.3, 0.4) is 0 Å². The molecule has 0 aromatic carbocycles. The summed E-state index contributed by atoms with van der Waals surface area (Å²) in [5, 5.41) is 11.2. The van der Waals surface area contributed by atoms with E-state index in [1.807, 2.05) is 0 Å². The lowest BCUT2D eigenvalue weighted by molar-refractivity contribution is 0.101. The summed E-state index contributed by atoms with van der Waals surface area (Å²) >= 11 is 1.24. The highest BCUT2D eigenvalue weighted by Crippen LogP contribution is 2.34. The van der Waals surface area contributed by atoms with E-state index in [1.165, 1.54) is 24.7 Å². The van der Waals surface area contributed by atoms with Crippen LogP contribution in [0.25, 0.3) is 0 Å². The number of Topliss-reactive ketones (excluding diaryl/α,β-unsaturated/α-hetero) is 1. The monoisotopic (exact) mass is 290 g/mol. The normalized spacial score (nSPS) is 14.8. The minimum atomic E-state index is -0.290. The number of anilines is 1. The molecule has 0 unspecified atom stereocenters. The average Bonchev–Trinajstić information content (AvgIpc) is 2.95. The van der Waals surface area contributed by atoms with Crippen molar-refractivity contribution in [2.24, 2.45) is 0 Å². The molecular formula is C13H14N4O2S. The summed E-state index contributed by atoms with van der Waals surface area (Å²) < 4.78 is 0. The molecule has 1 fully saturated rings. The van der Waals surface area contributed by atoms with Crippen molar-refractivity contribution in [3.05, 3.63) is 27.7 Å². The van der Waals surface area contributed by atoms with Crippen LogP contribution >= 0.6 is 11.3 Å². The van der Waals surface area contributed by atoms with E-state index in [2.05, 4.69) is 20.5 Å². The third kappa shape index (κ3) is 2.49. The number of aromatic amines is 1. The lowest BCUT2D eigenvalue weighted by Gasteiger charge is -2.22. The van der Waals surface area contributed by atoms with Gasteiger partial charge in [-0.2, -0.15) is 4.98 Å². The van der Waals surface area contributed by atoms with Gasteiger partial charge in [0.25, 0.3) is 5.91 Å². The summed E-state index contributed by atoms with van der Waals surface area (Å²) in [6.45, 7) is 1.48. The van der Waals surface area contributed by atoms with Crippen LogP contribution < -0.4 is 5.32 Å². The van der Waals surface area contributed by atoms with Crippen molar-refractivity contribution in [3.63, 3.8) is 0 Å². The van der Waals surface area contributed by atoms with E-state index in [4.69, 9.17) is 0 Å². The third-order valence-corrected chi connectivity index (χ3v) is 4.38. The molecule has 0 radical (unpaired) electrons. The highest BCUT2D eigenvalue weighted by molar-refractivity contribution is 7.12. The summed E-state index contributed by atoms with van der Waals surface area (Å²) in [5.41, 5.74) is 0.547. The Bertz CT molecular complexity index is 657. The van der Waals surface area contributed by atoms with E-state index in [-0.39, 0.29) is 17.6 Å². The van der Waals surface area contributed by atoms with Crippen molar-refractivity contribution >= 4 is 29.0 Å². The van der Waals surface area contributed by atoms with Crippen LogP contribution in [0.1, 0.15) is 58.0 Å². The summed E-state index contributed by atoms with van der Waals surface area (Å²) in [6, 6.07) is 1.59. The molecule has 2 aromatic rings. The molecule has 104 valence electrons. The largest absolute Gasteiger partial charge is 0.294 e. The maximum atomic E-state index is 12.0. The van der Waals surface area contributed by atoms with Gasteiger partial charge in [-0.1, -0.05) is 6.42 Å². The number of nitrogens with zero attached hydrogens (tertiary/aromatic N) is 2. The first-order valence-electron chi connectivity index (χ1n) is 6.46. The number of H-pyrrole nitrogens is 1. The van der Waals surface area contributed by atoms with E-state index in [0.29, 0.717) is 16.4 Å². The van der Waals surface area contributed by atoms with Crippen molar-refractivity contribution in [3.8, 4) is 0 Å². The van der Waals surface area contributed by atoms with Crippen LogP contribution in [0.5, 0.6) is 0 Å². The zero-order chi connectivity index (χ0) is 14.1. The lowest BCUT2D eigenvalue weighted by atomic mass is 9.85. The molecule has 0 spiro atoms. The molecule has 0 bridgehead atoms. The number of hydrogen-bond donors (Lipinski definition) is 2. The van der Waals surface area contributed by atoms with Crippen molar-refractivity contribution in [1.29, 1.82) is 0 Å². The quantitative estimate of drug-likeness (QED) is 0.847. The first kappa shape index (κ1) is 13.0. The molecule has 1 saturated carbocycles. The van der Waals surface area contributed by atoms with E-state index in [0.717, 1.165) is 18.7 Å². The lowest BCUT2D eigenvalue weighted by Crippen LogP contribution is -2.12. The molecule has 0 saturated heterocycles. The van der Waals surface area contributed by atoms with Gasteiger partial charge in [-0.15, -0.1) is 16.4 Å². The minimum absolute atomic E-state index is 0.0505. The average molecular weight is 290 g/mol. The fraction of sp³-hybridized carbons (Fsp3) is 0.385. The van der Waals surface area contributed by atoms with Gasteiger partial charge in [0, 0.05) is 16.9 Å². The van der Waals surface area contributed by atoms with E-state index >= 15 is 0 Å². The number of thiophene rings is 1. The predicted molar refractivity (Wildman–Crippen MR) is 75.3 cm³/mol. The topological polar surface area (TPSA) is 87.7 Å². The Morgan fingerprint density at radius 1 is 1.45 bits per heavy atom. The van der Waals surface area contributed by atoms with Gasteiger partial charge in [0.2, 0.25) is 5.95 Å². The summed E-state index contributed by atoms with van der Waals surface area (Å²) in [5.74, 6) is 1.23. The number of carbonyl (C=O) groups is 2. The number of rotatable bonds is 4. The third-order valence-electron chi connectivity index (χ3n) is 3.45. The van der Waals surface area contributed by atoms with Crippen molar-refractivity contribution in [2.45, 2.75) is 32.1 Å². The maximum Gasteiger partial charge on any atom is 0.268 e. The Labute approximate surface area is 119 Å². The Morgan fingerprint density at radius 3 is 2.85 bits per heavy atom. The Kier molecular flexibility index (Phi) is 3.35. The zero-order valence-corrected chi connectivity index (χ0v) is 11.8. The fourth-order valence-corrected chi connectivity index (χ4v) is 2.84. The van der Waals surface area contributed by atoms with Crippen LogP contribution in [0, 0.1) is 0 Å². The van der Waals surface area contributed by atoms with Crippen LogP contribution in [-0.2, 0) is 0 Å². The second-order valence-electron chi connectivity index (χ2n) is 4.88. The summed E-state index contributed by atoms with van der Waals surface area (Å²) in [7, 11) is 0. The Morgan fingerprint density at radius 2 is 2.25 bits per heavy atom. The molecule has 0 atom stereocenters. The molecule has 1 aliphatic carbocycles. The molecule has 20 heavy (non-hydrogen) atoms. The molecule has 7 heteroatoms. The van der Waals surface area contributed by atoms with Gasteiger partial charge in [-0.3, -0.25) is 20.0 Å². The predicted octanol–water partition coefficient (Wildman–Crippen LogP) is 2.59. The van der Waals surface area contributed by atoms with Crippen LogP contribution in [0.15, 0.2) is 11.4 Å². The molecule has 6 nitrogen and oxygen atoms in total. The number of aromatic nitrogens is 3. The second-order valence-corrected chi connectivity index (χ2v) is 5.79. The highest BCUT2D eigenvalue weighted by atomic mass is 32.1. The van der Waals surface area contributed by atoms with Gasteiger partial charge < -0.3 is 0 Å². The van der Waals surface area contributed by atoms with E-state index in [1.54, 1.807) is 11.4 Å². The number of carbonyl (C=O) groups excluding carboxylic acids is 2. The zero-order valence-electron chi connectivity index (χ0n) is 11.0. The molecule has 0 aliphatic heterocycles. The van der Waals surface area contributed by atoms with Crippen molar-refractivity contribution in [2.75, 3.05) is 5.32 Å². The summed E-state index contributed by atoms with van der Waals surface area (Å²) in [4.78, 5) is 28.0. The fourth-order valence-electron chi connectivity index (χ4n) is 2.00. The van der Waals surface area contributed by atoms with Gasteiger partial charge in [-0.05, 0) is 25.8 Å². The van der Waals surface area contributed by atoms with Gasteiger partial charge in [0.05, 0.1) is 4.88 Å². The van der Waals surface area contributed by atoms with Gasteiger partial charge in [0.1, 0.15) is 5.82 Å². The smallest absolute Gasteiger partial charge is 0.268 e. The number of nitrogens with one attached hydrogen (secondary N) is 2. The van der Waals surface area contributed by atoms with E-state index < -0.39 is 0 Å². The highest BCUT2D eigenvalue weighted by Gasteiger charge is 2.23. The molecule has 3 rings (SSSR count). The standard InChI is InChI=1S/C13H14N4O2S/c1-7(18)9-5-10(20-6-9)12(19)15-13-14-11(16-17-13)8-3-2-4-8/h5-6,8H,2-4H2,1H3,(H2,14,15,16,17,19). The maximum absolute atomic E-state index is 12.0. The minimum Gasteiger partial charge on any atom is -0.294 e. The number of ketones is 1. The van der Waals surface area contributed by atoms with Crippen LogP contribution in [0.4, 0.5) is 5.95 Å². The molecule has 2 N–H and O–H groups in total. The molecule has 1 aliphatic rings. The first-order chi connectivity index (χ1) is 9.63. The van der Waals surface area contributed by atoms with E-state index in [9.17, 15) is 9.59 Å². The molecule has 2 heterocycles. The molecule has 2 aromatic heterocycles. The number of amides is 1. The van der Waals surface area contributed by atoms with Crippen LogP contribution in [-0.4, -0.2) is 26.9 Å². The first-order valence-corrected chi connectivity index (χ1v) is 7.34. The molecule has 1 amide bonds. The summed E-state index contributed by atoms with van der Waals surface area (Å²) in [6.07, 6.45) is 3.46. The SMILES string of the molecule is CC(=O)c1csc(C(=O)Nc2n[nH]c(C3CCC3)n2)c1. The Balaban J connectivity index is 1.68. The van der Waals surface area contributed by atoms with Crippen molar-refractivity contribution < 1.29 is 9.59 Å². The van der Waals surface area contributed by atoms with Crippen LogP contribution in [0.2, 0.25) is 0 Å². The van der Waals surface area contributed by atoms with Crippen molar-refractivity contribution in [1.82, 2.24) is 15.2 Å². The van der Waals surface area contributed by atoms with Gasteiger partial charge in [0.15, 0.2) is 5.78 Å². The van der Waals surface area contributed by atoms with Gasteiger partial charge in [-0.25, -0.2) is 0 Å². The number of hydrogen-bond acceptors (Lipinski definition) is 5. The Hall–Kier alpha value is -2.02. The second kappa shape index (κ2) is 5.16. The molecular weight excluding hydrogens is 276 g/mol.